The molecular weight excluding hydrogens is 262 g/mol. The summed E-state index contributed by atoms with van der Waals surface area (Å²) >= 11 is 0. The molecule has 2 unspecified atom stereocenters. The number of hydrogen-bond donors (Lipinski definition) is 1. The molecule has 1 N–H and O–H groups in total. The van der Waals surface area contributed by atoms with Crippen LogP contribution in [0.25, 0.3) is 0 Å². The van der Waals surface area contributed by atoms with Crippen LogP contribution in [0.3, 0.4) is 0 Å². The van der Waals surface area contributed by atoms with Gasteiger partial charge in [0.25, 0.3) is 0 Å². The summed E-state index contributed by atoms with van der Waals surface area (Å²) in [7, 11) is -3.59. The van der Waals surface area contributed by atoms with Crippen molar-refractivity contribution in [2.75, 3.05) is 4.72 Å². The van der Waals surface area contributed by atoms with Crippen molar-refractivity contribution in [3.63, 3.8) is 0 Å². The summed E-state index contributed by atoms with van der Waals surface area (Å²) in [5.74, 6) is -2.47. The van der Waals surface area contributed by atoms with E-state index in [1.807, 2.05) is 0 Å². The summed E-state index contributed by atoms with van der Waals surface area (Å²) in [5, 5.41) is 8.09. The number of anilines is 1. The van der Waals surface area contributed by atoms with E-state index in [0.717, 1.165) is 12.1 Å². The fraction of sp³-hybridized carbons (Fsp3) is 0.364. The third-order valence-corrected chi connectivity index (χ3v) is 4.82. The first-order valence-electron chi connectivity index (χ1n) is 5.26. The molecule has 2 rings (SSSR count). The second kappa shape index (κ2) is 4.21. The number of halogens is 2. The van der Waals surface area contributed by atoms with Gasteiger partial charge in [-0.05, 0) is 18.4 Å². The van der Waals surface area contributed by atoms with E-state index in [2.05, 4.69) is 4.72 Å². The van der Waals surface area contributed by atoms with Gasteiger partial charge in [0.1, 0.15) is 6.07 Å². The van der Waals surface area contributed by atoms with E-state index in [0.29, 0.717) is 6.42 Å². The quantitative estimate of drug-likeness (QED) is 0.914. The molecule has 1 aliphatic carbocycles. The Morgan fingerprint density at radius 2 is 2.06 bits per heavy atom. The van der Waals surface area contributed by atoms with Crippen molar-refractivity contribution in [2.45, 2.75) is 18.6 Å². The minimum absolute atomic E-state index is 0.0585. The zero-order valence-electron chi connectivity index (χ0n) is 9.44. The SMILES string of the molecule is CC1CC1S(=O)(=O)Nc1cc(F)c(F)c(C#N)c1. The lowest BCUT2D eigenvalue weighted by Crippen LogP contribution is -2.19. The van der Waals surface area contributed by atoms with Gasteiger partial charge in [-0.2, -0.15) is 5.26 Å². The van der Waals surface area contributed by atoms with Gasteiger partial charge in [0, 0.05) is 6.07 Å². The number of benzene rings is 1. The highest BCUT2D eigenvalue weighted by Gasteiger charge is 2.44. The normalized spacial score (nSPS) is 22.3. The molecule has 0 saturated heterocycles. The molecule has 0 spiro atoms. The van der Waals surface area contributed by atoms with E-state index < -0.39 is 32.5 Å². The number of nitrogens with one attached hydrogen (secondary N) is 1. The molecule has 1 aromatic carbocycles. The average Bonchev–Trinajstić information content (AvgIpc) is 3.01. The molecule has 1 fully saturated rings. The lowest BCUT2D eigenvalue weighted by molar-refractivity contribution is 0.507. The monoisotopic (exact) mass is 272 g/mol. The molecule has 0 bridgehead atoms. The molecule has 1 aromatic rings. The molecule has 1 aliphatic rings. The Bertz CT molecular complexity index is 637. The molecule has 0 aromatic heterocycles. The second-order valence-electron chi connectivity index (χ2n) is 4.33. The predicted octanol–water partition coefficient (Wildman–Crippen LogP) is 1.99. The first-order valence-corrected chi connectivity index (χ1v) is 6.80. The van der Waals surface area contributed by atoms with Crippen LogP contribution in [-0.2, 0) is 10.0 Å². The van der Waals surface area contributed by atoms with Crippen LogP contribution >= 0.6 is 0 Å². The maximum atomic E-state index is 13.1. The Morgan fingerprint density at radius 3 is 2.56 bits per heavy atom. The van der Waals surface area contributed by atoms with Gasteiger partial charge in [-0.25, -0.2) is 17.2 Å². The molecule has 0 radical (unpaired) electrons. The summed E-state index contributed by atoms with van der Waals surface area (Å²) in [4.78, 5) is 0. The minimum Gasteiger partial charge on any atom is -0.283 e. The van der Waals surface area contributed by atoms with Gasteiger partial charge in [0.15, 0.2) is 11.6 Å². The highest BCUT2D eigenvalue weighted by molar-refractivity contribution is 7.93. The summed E-state index contributed by atoms with van der Waals surface area (Å²) in [6.07, 6.45) is 0.546. The van der Waals surface area contributed by atoms with Crippen LogP contribution in [0.1, 0.15) is 18.9 Å². The summed E-state index contributed by atoms with van der Waals surface area (Å²) < 4.78 is 51.9. The van der Waals surface area contributed by atoms with Gasteiger partial charge in [-0.15, -0.1) is 0 Å². The van der Waals surface area contributed by atoms with Crippen molar-refractivity contribution in [2.24, 2.45) is 5.92 Å². The van der Waals surface area contributed by atoms with Gasteiger partial charge in [0.2, 0.25) is 10.0 Å². The minimum atomic E-state index is -3.59. The Morgan fingerprint density at radius 1 is 1.44 bits per heavy atom. The van der Waals surface area contributed by atoms with Crippen LogP contribution in [0.4, 0.5) is 14.5 Å². The van der Waals surface area contributed by atoms with Crippen molar-refractivity contribution in [3.05, 3.63) is 29.3 Å². The van der Waals surface area contributed by atoms with Crippen LogP contribution in [0.5, 0.6) is 0 Å². The lowest BCUT2D eigenvalue weighted by atomic mass is 10.2. The molecule has 96 valence electrons. The van der Waals surface area contributed by atoms with E-state index in [1.54, 1.807) is 6.92 Å². The molecule has 0 amide bonds. The maximum absolute atomic E-state index is 13.1. The highest BCUT2D eigenvalue weighted by atomic mass is 32.2. The van der Waals surface area contributed by atoms with E-state index >= 15 is 0 Å². The standard InChI is InChI=1S/C11H10F2N2O2S/c1-6-2-10(6)18(16,17)15-8-3-7(5-14)11(13)9(12)4-8/h3-4,6,10,15H,2H2,1H3. The lowest BCUT2D eigenvalue weighted by Gasteiger charge is -2.08. The van der Waals surface area contributed by atoms with Crippen molar-refractivity contribution >= 4 is 15.7 Å². The maximum Gasteiger partial charge on any atom is 0.235 e. The molecule has 7 heteroatoms. The molecule has 0 aliphatic heterocycles. The summed E-state index contributed by atoms with van der Waals surface area (Å²) in [6, 6.07) is 3.16. The number of hydrogen-bond acceptors (Lipinski definition) is 3. The Kier molecular flexibility index (Phi) is 2.99. The first kappa shape index (κ1) is 12.8. The largest absolute Gasteiger partial charge is 0.283 e. The van der Waals surface area contributed by atoms with Gasteiger partial charge < -0.3 is 0 Å². The van der Waals surface area contributed by atoms with Crippen molar-refractivity contribution < 1.29 is 17.2 Å². The number of nitrogens with zero attached hydrogens (tertiary/aromatic N) is 1. The number of rotatable bonds is 3. The van der Waals surface area contributed by atoms with Crippen LogP contribution in [0.2, 0.25) is 0 Å². The highest BCUT2D eigenvalue weighted by Crippen LogP contribution is 2.37. The summed E-state index contributed by atoms with van der Waals surface area (Å²) in [6.45, 7) is 1.79. The average molecular weight is 272 g/mol. The molecule has 2 atom stereocenters. The van der Waals surface area contributed by atoms with Crippen molar-refractivity contribution in [3.8, 4) is 6.07 Å². The van der Waals surface area contributed by atoms with E-state index in [9.17, 15) is 17.2 Å². The molecule has 1 saturated carbocycles. The third kappa shape index (κ3) is 2.29. The summed E-state index contributed by atoms with van der Waals surface area (Å²) in [5.41, 5.74) is -0.666. The van der Waals surface area contributed by atoms with E-state index in [-0.39, 0.29) is 11.6 Å². The Hall–Kier alpha value is -1.68. The fourth-order valence-electron chi connectivity index (χ4n) is 1.69. The zero-order chi connectivity index (χ0) is 13.5. The smallest absolute Gasteiger partial charge is 0.235 e. The van der Waals surface area contributed by atoms with Crippen LogP contribution in [-0.4, -0.2) is 13.7 Å². The fourth-order valence-corrected chi connectivity index (χ4v) is 3.46. The molecule has 0 heterocycles. The molecule has 18 heavy (non-hydrogen) atoms. The van der Waals surface area contributed by atoms with Crippen LogP contribution in [0, 0.1) is 28.9 Å². The van der Waals surface area contributed by atoms with E-state index in [1.165, 1.54) is 6.07 Å². The predicted molar refractivity (Wildman–Crippen MR) is 61.2 cm³/mol. The van der Waals surface area contributed by atoms with Gasteiger partial charge in [-0.3, -0.25) is 4.72 Å². The Labute approximate surface area is 103 Å². The van der Waals surface area contributed by atoms with Crippen molar-refractivity contribution in [1.29, 1.82) is 5.26 Å². The van der Waals surface area contributed by atoms with Gasteiger partial charge in [0.05, 0.1) is 16.5 Å². The van der Waals surface area contributed by atoms with E-state index in [4.69, 9.17) is 5.26 Å². The van der Waals surface area contributed by atoms with Crippen molar-refractivity contribution in [1.82, 2.24) is 0 Å². The number of sulfonamides is 1. The molecule has 4 nitrogen and oxygen atoms in total. The molecular formula is C11H10F2N2O2S. The van der Waals surface area contributed by atoms with Gasteiger partial charge in [-0.1, -0.05) is 6.92 Å². The van der Waals surface area contributed by atoms with Crippen LogP contribution < -0.4 is 4.72 Å². The zero-order valence-corrected chi connectivity index (χ0v) is 10.3. The van der Waals surface area contributed by atoms with Crippen LogP contribution in [0.15, 0.2) is 12.1 Å². The topological polar surface area (TPSA) is 70.0 Å². The Balaban J connectivity index is 2.31. The first-order chi connectivity index (χ1) is 8.35. The van der Waals surface area contributed by atoms with Gasteiger partial charge >= 0.3 is 0 Å². The third-order valence-electron chi connectivity index (χ3n) is 2.84. The second-order valence-corrected chi connectivity index (χ2v) is 6.23. The number of nitriles is 1.